The van der Waals surface area contributed by atoms with Crippen LogP contribution in [0.3, 0.4) is 0 Å². The van der Waals surface area contributed by atoms with Gasteiger partial charge < -0.3 is 19.5 Å². The zero-order valence-corrected chi connectivity index (χ0v) is 13.6. The van der Waals surface area contributed by atoms with Crippen molar-refractivity contribution in [3.63, 3.8) is 0 Å². The predicted molar refractivity (Wildman–Crippen MR) is 85.5 cm³/mol. The molecular weight excluding hydrogens is 294 g/mol. The second kappa shape index (κ2) is 6.72. The van der Waals surface area contributed by atoms with E-state index in [2.05, 4.69) is 24.4 Å². The zero-order chi connectivity index (χ0) is 16.3. The third kappa shape index (κ3) is 3.41. The van der Waals surface area contributed by atoms with E-state index in [0.29, 0.717) is 31.6 Å². The molecule has 1 saturated heterocycles. The lowest BCUT2D eigenvalue weighted by molar-refractivity contribution is -0.168. The van der Waals surface area contributed by atoms with Crippen molar-refractivity contribution < 1.29 is 19.0 Å². The monoisotopic (exact) mass is 317 g/mol. The molecule has 1 aromatic rings. The Morgan fingerprint density at radius 3 is 2.61 bits per heavy atom. The number of esters is 1. The topological polar surface area (TPSA) is 56.8 Å². The number of methoxy groups -OCH3 is 1. The summed E-state index contributed by atoms with van der Waals surface area (Å²) in [6.45, 7) is 3.25. The Kier molecular flexibility index (Phi) is 4.68. The molecule has 1 heterocycles. The summed E-state index contributed by atoms with van der Waals surface area (Å²) in [6, 6.07) is 10.3. The summed E-state index contributed by atoms with van der Waals surface area (Å²) >= 11 is 0. The third-order valence-electron chi connectivity index (χ3n) is 4.50. The summed E-state index contributed by atoms with van der Waals surface area (Å²) in [6.07, 6.45) is 1.89. The minimum absolute atomic E-state index is 0.116. The fraction of sp³-hybridized carbons (Fsp3) is 0.500. The quantitative estimate of drug-likeness (QED) is 0.865. The molecule has 0 saturated carbocycles. The van der Waals surface area contributed by atoms with Crippen molar-refractivity contribution in [3.05, 3.63) is 47.2 Å². The van der Waals surface area contributed by atoms with Gasteiger partial charge in [-0.25, -0.2) is 4.79 Å². The van der Waals surface area contributed by atoms with E-state index in [0.717, 1.165) is 12.1 Å². The molecule has 1 aliphatic carbocycles. The second-order valence-corrected chi connectivity index (χ2v) is 6.01. The van der Waals surface area contributed by atoms with Gasteiger partial charge in [-0.05, 0) is 18.9 Å². The van der Waals surface area contributed by atoms with E-state index in [1.807, 2.05) is 18.2 Å². The highest BCUT2D eigenvalue weighted by Gasteiger charge is 2.43. The predicted octanol–water partition coefficient (Wildman–Crippen LogP) is 2.69. The van der Waals surface area contributed by atoms with Crippen molar-refractivity contribution in [1.29, 1.82) is 0 Å². The van der Waals surface area contributed by atoms with E-state index in [9.17, 15) is 4.79 Å². The zero-order valence-electron chi connectivity index (χ0n) is 13.6. The second-order valence-electron chi connectivity index (χ2n) is 6.01. The molecule has 0 radical (unpaired) electrons. The fourth-order valence-electron chi connectivity index (χ4n) is 3.24. The maximum absolute atomic E-state index is 12.2. The number of rotatable bonds is 4. The summed E-state index contributed by atoms with van der Waals surface area (Å²) in [5, 5.41) is 3.47. The first-order valence-corrected chi connectivity index (χ1v) is 8.03. The number of benzene rings is 1. The van der Waals surface area contributed by atoms with Gasteiger partial charge in [-0.3, -0.25) is 0 Å². The average molecular weight is 317 g/mol. The first-order valence-electron chi connectivity index (χ1n) is 8.03. The minimum Gasteiger partial charge on any atom is -0.466 e. The summed E-state index contributed by atoms with van der Waals surface area (Å²) in [5.74, 6) is -0.962. The summed E-state index contributed by atoms with van der Waals surface area (Å²) < 4.78 is 16.5. The molecule has 1 N–H and O–H groups in total. The van der Waals surface area contributed by atoms with E-state index >= 15 is 0 Å². The van der Waals surface area contributed by atoms with Crippen molar-refractivity contribution >= 4 is 5.97 Å². The first-order chi connectivity index (χ1) is 11.1. The maximum Gasteiger partial charge on any atom is 0.335 e. The van der Waals surface area contributed by atoms with Crippen LogP contribution in [0.1, 0.15) is 37.8 Å². The number of carbonyl (C=O) groups excluding carboxylic acids is 1. The molecule has 0 aromatic heterocycles. The molecule has 5 heteroatoms. The van der Waals surface area contributed by atoms with Gasteiger partial charge in [-0.2, -0.15) is 0 Å². The van der Waals surface area contributed by atoms with Crippen molar-refractivity contribution in [3.8, 4) is 0 Å². The molecule has 23 heavy (non-hydrogen) atoms. The average Bonchev–Trinajstić information content (AvgIpc) is 3.04. The standard InChI is InChI=1S/C18H23NO4/c1-13(14-6-4-3-5-7-14)19-16-8-9-18(22-10-11-23-18)12-15(16)17(20)21-2/h3-7,13,19H,8-12H2,1-2H3/t13-/m0/s1. The van der Waals surface area contributed by atoms with Gasteiger partial charge in [-0.1, -0.05) is 30.3 Å². The number of carbonyl (C=O) groups is 1. The van der Waals surface area contributed by atoms with Crippen LogP contribution >= 0.6 is 0 Å². The molecule has 1 spiro atoms. The van der Waals surface area contributed by atoms with Gasteiger partial charge in [-0.15, -0.1) is 0 Å². The number of hydrogen-bond donors (Lipinski definition) is 1. The highest BCUT2D eigenvalue weighted by Crippen LogP contribution is 2.39. The van der Waals surface area contributed by atoms with Crippen LogP contribution in [-0.2, 0) is 19.0 Å². The Bertz CT molecular complexity index is 590. The Morgan fingerprint density at radius 1 is 1.26 bits per heavy atom. The molecule has 1 fully saturated rings. The van der Waals surface area contributed by atoms with Gasteiger partial charge in [0, 0.05) is 24.6 Å². The van der Waals surface area contributed by atoms with Crippen LogP contribution in [0.15, 0.2) is 41.6 Å². The van der Waals surface area contributed by atoms with Crippen LogP contribution in [0.25, 0.3) is 0 Å². The van der Waals surface area contributed by atoms with Crippen molar-refractivity contribution in [1.82, 2.24) is 5.32 Å². The van der Waals surface area contributed by atoms with Crippen LogP contribution in [-0.4, -0.2) is 32.1 Å². The minimum atomic E-state index is -0.648. The Balaban J connectivity index is 1.82. The lowest BCUT2D eigenvalue weighted by Crippen LogP contribution is -2.38. The molecule has 1 aliphatic heterocycles. The van der Waals surface area contributed by atoms with Gasteiger partial charge in [0.2, 0.25) is 0 Å². The molecule has 0 unspecified atom stereocenters. The number of ether oxygens (including phenoxy) is 3. The SMILES string of the molecule is COC(=O)C1=C(N[C@@H](C)c2ccccc2)CCC2(C1)OCCO2. The number of nitrogens with one attached hydrogen (secondary N) is 1. The maximum atomic E-state index is 12.2. The summed E-state index contributed by atoms with van der Waals surface area (Å²) in [4.78, 5) is 12.2. The largest absolute Gasteiger partial charge is 0.466 e. The van der Waals surface area contributed by atoms with E-state index in [1.165, 1.54) is 12.7 Å². The van der Waals surface area contributed by atoms with Crippen LogP contribution in [0.5, 0.6) is 0 Å². The Morgan fingerprint density at radius 2 is 1.96 bits per heavy atom. The van der Waals surface area contributed by atoms with Gasteiger partial charge in [0.15, 0.2) is 5.79 Å². The lowest BCUT2D eigenvalue weighted by Gasteiger charge is -2.34. The Hall–Kier alpha value is -1.85. The molecule has 124 valence electrons. The van der Waals surface area contributed by atoms with E-state index in [-0.39, 0.29) is 12.0 Å². The van der Waals surface area contributed by atoms with E-state index in [4.69, 9.17) is 14.2 Å². The van der Waals surface area contributed by atoms with Crippen LogP contribution in [0, 0.1) is 0 Å². The molecule has 1 atom stereocenters. The lowest BCUT2D eigenvalue weighted by atomic mass is 9.90. The molecule has 3 rings (SSSR count). The Labute approximate surface area is 136 Å². The number of hydrogen-bond acceptors (Lipinski definition) is 5. The third-order valence-corrected chi connectivity index (χ3v) is 4.50. The molecule has 2 aliphatic rings. The first kappa shape index (κ1) is 16.0. The fourth-order valence-corrected chi connectivity index (χ4v) is 3.24. The highest BCUT2D eigenvalue weighted by atomic mass is 16.7. The van der Waals surface area contributed by atoms with Crippen LogP contribution in [0.2, 0.25) is 0 Å². The van der Waals surface area contributed by atoms with Gasteiger partial charge in [0.25, 0.3) is 0 Å². The van der Waals surface area contributed by atoms with Crippen LogP contribution in [0.4, 0.5) is 0 Å². The van der Waals surface area contributed by atoms with Gasteiger partial charge in [0.05, 0.1) is 25.9 Å². The van der Waals surface area contributed by atoms with E-state index in [1.54, 1.807) is 0 Å². The molecular formula is C18H23NO4. The summed E-state index contributed by atoms with van der Waals surface area (Å²) in [7, 11) is 1.41. The van der Waals surface area contributed by atoms with Crippen LogP contribution < -0.4 is 5.32 Å². The molecule has 1 aromatic carbocycles. The van der Waals surface area contributed by atoms with Crippen molar-refractivity contribution in [2.24, 2.45) is 0 Å². The van der Waals surface area contributed by atoms with Crippen molar-refractivity contribution in [2.75, 3.05) is 20.3 Å². The highest BCUT2D eigenvalue weighted by molar-refractivity contribution is 5.89. The summed E-state index contributed by atoms with van der Waals surface area (Å²) in [5.41, 5.74) is 2.74. The van der Waals surface area contributed by atoms with Gasteiger partial charge >= 0.3 is 5.97 Å². The van der Waals surface area contributed by atoms with Gasteiger partial charge in [0.1, 0.15) is 0 Å². The van der Waals surface area contributed by atoms with Crippen molar-refractivity contribution in [2.45, 2.75) is 38.0 Å². The van der Waals surface area contributed by atoms with E-state index < -0.39 is 5.79 Å². The molecule has 0 bridgehead atoms. The molecule has 0 amide bonds. The normalized spacial score (nSPS) is 21.3. The smallest absolute Gasteiger partial charge is 0.335 e. The molecule has 5 nitrogen and oxygen atoms in total. The number of allylic oxidation sites excluding steroid dienone is 1.